The molecule has 0 aromatic heterocycles. The van der Waals surface area contributed by atoms with E-state index in [9.17, 15) is 0 Å². The molecule has 0 radical (unpaired) electrons. The molecule has 0 aliphatic heterocycles. The lowest BCUT2D eigenvalue weighted by Crippen LogP contribution is -2.70. The van der Waals surface area contributed by atoms with E-state index >= 15 is 0 Å². The van der Waals surface area contributed by atoms with E-state index in [1.54, 1.807) is 0 Å². The largest absolute Gasteiger partial charge is 0.454 e. The first-order valence-corrected chi connectivity index (χ1v) is 33.8. The molecule has 2 nitrogen and oxygen atoms in total. The second-order valence-corrected chi connectivity index (χ2v) is 35.5. The molecule has 6 heteroatoms. The van der Waals surface area contributed by atoms with E-state index < -0.39 is 33.3 Å². The summed E-state index contributed by atoms with van der Waals surface area (Å²) in [5.41, 5.74) is 3.94. The molecule has 0 spiro atoms. The summed E-state index contributed by atoms with van der Waals surface area (Å²) in [7, 11) is -8.26. The van der Waals surface area contributed by atoms with Crippen molar-refractivity contribution in [3.63, 3.8) is 0 Å². The smallest absolute Gasteiger partial charge is 0.242 e. The lowest BCUT2D eigenvalue weighted by Gasteiger charge is -2.54. The predicted molar refractivity (Wildman–Crippen MR) is 260 cm³/mol. The zero-order chi connectivity index (χ0) is 40.3. The Kier molecular flexibility index (Phi) is 15.5. The first-order valence-electron chi connectivity index (χ1n) is 23.9. The van der Waals surface area contributed by atoms with Crippen LogP contribution in [0.15, 0.2) is 121 Å². The average Bonchev–Trinajstić information content (AvgIpc) is 3.31. The highest BCUT2D eigenvalue weighted by molar-refractivity contribution is 7.08. The second kappa shape index (κ2) is 20.5. The van der Waals surface area contributed by atoms with Crippen LogP contribution in [-0.2, 0) is 8.23 Å². The molecule has 4 aromatic carbocycles. The van der Waals surface area contributed by atoms with Gasteiger partial charge in [0.25, 0.3) is 0 Å². The van der Waals surface area contributed by atoms with Crippen molar-refractivity contribution in [3.8, 4) is 0 Å². The Morgan fingerprint density at radius 2 is 0.500 bits per heavy atom. The SMILES string of the molecule is C[Si](O[Si](C)(C1CCCCC1)C1CCCCC1)(C1CCCCC1)C1CCCCC1.C[Si](O[Si](C)(c1ccccc1)c1ccccc1)(c1ccccc1)c1ccccc1. The number of rotatable bonds is 12. The molecule has 0 atom stereocenters. The van der Waals surface area contributed by atoms with Gasteiger partial charge in [-0.3, -0.25) is 0 Å². The molecule has 4 aromatic rings. The fraction of sp³-hybridized carbons (Fsp3) is 0.538. The van der Waals surface area contributed by atoms with Crippen molar-refractivity contribution in [1.82, 2.24) is 0 Å². The van der Waals surface area contributed by atoms with E-state index in [-0.39, 0.29) is 0 Å². The Morgan fingerprint density at radius 1 is 0.293 bits per heavy atom. The number of hydrogen-bond donors (Lipinski definition) is 0. The van der Waals surface area contributed by atoms with Crippen LogP contribution in [0.5, 0.6) is 0 Å². The van der Waals surface area contributed by atoms with Crippen molar-refractivity contribution in [1.29, 1.82) is 0 Å². The molecule has 4 aliphatic carbocycles. The molecule has 0 bridgehead atoms. The van der Waals surface area contributed by atoms with Crippen molar-refractivity contribution in [2.75, 3.05) is 0 Å². The molecule has 4 aliphatic rings. The maximum Gasteiger partial charge on any atom is 0.242 e. The van der Waals surface area contributed by atoms with E-state index in [2.05, 4.69) is 148 Å². The molecule has 312 valence electrons. The number of benzene rings is 4. The van der Waals surface area contributed by atoms with Crippen molar-refractivity contribution >= 4 is 54.0 Å². The Labute approximate surface area is 358 Å². The van der Waals surface area contributed by atoms with Crippen LogP contribution in [0.25, 0.3) is 0 Å². The molecule has 0 amide bonds. The highest BCUT2D eigenvalue weighted by Crippen LogP contribution is 2.55. The predicted octanol–water partition coefficient (Wildman–Crippen LogP) is 13.3. The van der Waals surface area contributed by atoms with Gasteiger partial charge < -0.3 is 8.23 Å². The molecule has 4 fully saturated rings. The average molecular weight is 846 g/mol. The standard InChI is InChI=1S/C26H50OSi2.C26H26OSi2/c2*1-28(23-15-7-3-8-16-23,24-17-9-4-10-18-24)27-29(2,25-19-11-5-12-20-25)26-21-13-6-14-22-26/h23-26H,3-22H2,1-2H3;3-22H,1-2H3. The molecule has 0 heterocycles. The summed E-state index contributed by atoms with van der Waals surface area (Å²) in [6.45, 7) is 10.3. The summed E-state index contributed by atoms with van der Waals surface area (Å²) in [5, 5.41) is 5.21. The highest BCUT2D eigenvalue weighted by atomic mass is 28.4. The fourth-order valence-corrected chi connectivity index (χ4v) is 35.3. The zero-order valence-electron chi connectivity index (χ0n) is 36.8. The van der Waals surface area contributed by atoms with Gasteiger partial charge in [0.1, 0.15) is 0 Å². The van der Waals surface area contributed by atoms with Gasteiger partial charge in [-0.2, -0.15) is 0 Å². The van der Waals surface area contributed by atoms with Crippen LogP contribution in [0.1, 0.15) is 128 Å². The third-order valence-corrected chi connectivity index (χ3v) is 37.1. The van der Waals surface area contributed by atoms with Crippen molar-refractivity contribution in [2.24, 2.45) is 0 Å². The Balaban J connectivity index is 0.000000177. The van der Waals surface area contributed by atoms with E-state index in [1.807, 2.05) is 0 Å². The second-order valence-electron chi connectivity index (χ2n) is 19.4. The first-order chi connectivity index (χ1) is 28.3. The topological polar surface area (TPSA) is 18.5 Å². The summed E-state index contributed by atoms with van der Waals surface area (Å²) in [4.78, 5) is 0. The van der Waals surface area contributed by atoms with Crippen molar-refractivity contribution < 1.29 is 8.23 Å². The Bertz CT molecular complexity index is 1520. The highest BCUT2D eigenvalue weighted by Gasteiger charge is 2.55. The van der Waals surface area contributed by atoms with Gasteiger partial charge in [0.05, 0.1) is 0 Å². The molecule has 58 heavy (non-hydrogen) atoms. The minimum atomic E-state index is -2.44. The monoisotopic (exact) mass is 844 g/mol. The van der Waals surface area contributed by atoms with E-state index in [0.717, 1.165) is 22.2 Å². The van der Waals surface area contributed by atoms with Gasteiger partial charge in [0, 0.05) is 0 Å². The van der Waals surface area contributed by atoms with Crippen LogP contribution >= 0.6 is 0 Å². The first kappa shape index (κ1) is 43.7. The van der Waals surface area contributed by atoms with Crippen molar-refractivity contribution in [2.45, 2.75) is 177 Å². The normalized spacial score (nSPS) is 19.9. The lowest BCUT2D eigenvalue weighted by molar-refractivity contribution is 0.343. The van der Waals surface area contributed by atoms with Crippen LogP contribution in [0, 0.1) is 0 Å². The van der Waals surface area contributed by atoms with Crippen LogP contribution < -0.4 is 20.7 Å². The van der Waals surface area contributed by atoms with Crippen LogP contribution in [0.2, 0.25) is 48.4 Å². The van der Waals surface area contributed by atoms with Crippen molar-refractivity contribution in [3.05, 3.63) is 121 Å². The molecule has 8 rings (SSSR count). The van der Waals surface area contributed by atoms with Gasteiger partial charge in [0.15, 0.2) is 16.6 Å². The summed E-state index contributed by atoms with van der Waals surface area (Å²) in [6.07, 6.45) is 30.0. The van der Waals surface area contributed by atoms with Gasteiger partial charge in [0.2, 0.25) is 16.6 Å². The Morgan fingerprint density at radius 3 is 0.707 bits per heavy atom. The molecule has 0 unspecified atom stereocenters. The third kappa shape index (κ3) is 10.1. The summed E-state index contributed by atoms with van der Waals surface area (Å²) in [6, 6.07) is 43.1. The molecule has 0 N–H and O–H groups in total. The quantitative estimate of drug-likeness (QED) is 0.132. The minimum absolute atomic E-state index is 0.985. The summed E-state index contributed by atoms with van der Waals surface area (Å²) in [5.74, 6) is 0. The fourth-order valence-electron chi connectivity index (χ4n) is 12.2. The Hall–Kier alpha value is -2.33. The van der Waals surface area contributed by atoms with Crippen LogP contribution in [-0.4, -0.2) is 33.3 Å². The van der Waals surface area contributed by atoms with Crippen LogP contribution in [0.3, 0.4) is 0 Å². The maximum absolute atomic E-state index is 8.06. The van der Waals surface area contributed by atoms with E-state index in [1.165, 1.54) is 149 Å². The van der Waals surface area contributed by atoms with Gasteiger partial charge in [-0.25, -0.2) is 0 Å². The molecule has 4 saturated carbocycles. The molecular weight excluding hydrogens is 769 g/mol. The van der Waals surface area contributed by atoms with E-state index in [4.69, 9.17) is 8.23 Å². The van der Waals surface area contributed by atoms with Gasteiger partial charge in [-0.05, 0) is 69.1 Å². The van der Waals surface area contributed by atoms with E-state index in [0.29, 0.717) is 0 Å². The summed E-state index contributed by atoms with van der Waals surface area (Å²) >= 11 is 0. The lowest BCUT2D eigenvalue weighted by atomic mass is 9.99. The zero-order valence-corrected chi connectivity index (χ0v) is 40.8. The molecule has 0 saturated heterocycles. The minimum Gasteiger partial charge on any atom is -0.454 e. The maximum atomic E-state index is 8.06. The van der Waals surface area contributed by atoms with Gasteiger partial charge in [-0.1, -0.05) is 250 Å². The van der Waals surface area contributed by atoms with Gasteiger partial charge >= 0.3 is 0 Å². The third-order valence-electron chi connectivity index (χ3n) is 15.8. The molecular formula is C52H76O2Si4. The van der Waals surface area contributed by atoms with Crippen LogP contribution in [0.4, 0.5) is 0 Å². The van der Waals surface area contributed by atoms with Gasteiger partial charge in [-0.15, -0.1) is 0 Å². The summed E-state index contributed by atoms with van der Waals surface area (Å²) < 4.78 is 15.5. The number of hydrogen-bond acceptors (Lipinski definition) is 2.